The number of hydrogen-bond donors (Lipinski definition) is 2. The Morgan fingerprint density at radius 3 is 2.81 bits per heavy atom. The van der Waals surface area contributed by atoms with Crippen molar-refractivity contribution >= 4 is 11.6 Å². The summed E-state index contributed by atoms with van der Waals surface area (Å²) >= 11 is 0. The smallest absolute Gasteiger partial charge is 0.275 e. The molecule has 0 spiro atoms. The van der Waals surface area contributed by atoms with Crippen LogP contribution in [0.2, 0.25) is 0 Å². The van der Waals surface area contributed by atoms with Gasteiger partial charge in [-0.15, -0.1) is 0 Å². The highest BCUT2D eigenvalue weighted by Gasteiger charge is 2.19. The number of hydrazone groups is 1. The van der Waals surface area contributed by atoms with E-state index in [0.29, 0.717) is 5.92 Å². The van der Waals surface area contributed by atoms with Crippen molar-refractivity contribution in [1.29, 1.82) is 0 Å². The van der Waals surface area contributed by atoms with Crippen molar-refractivity contribution < 1.29 is 9.90 Å². The molecular weight excluding hydrogens is 264 g/mol. The largest absolute Gasteiger partial charge is 0.507 e. The molecule has 0 saturated heterocycles. The van der Waals surface area contributed by atoms with Crippen LogP contribution in [0.5, 0.6) is 5.75 Å². The van der Waals surface area contributed by atoms with Gasteiger partial charge in [0.15, 0.2) is 0 Å². The molecule has 21 heavy (non-hydrogen) atoms. The van der Waals surface area contributed by atoms with Gasteiger partial charge in [0, 0.05) is 0 Å². The van der Waals surface area contributed by atoms with Crippen molar-refractivity contribution in [3.05, 3.63) is 53.6 Å². The average molecular weight is 284 g/mol. The van der Waals surface area contributed by atoms with E-state index in [4.69, 9.17) is 0 Å². The molecule has 1 amide bonds. The topological polar surface area (TPSA) is 61.7 Å². The van der Waals surface area contributed by atoms with Gasteiger partial charge in [0.1, 0.15) is 5.75 Å². The van der Waals surface area contributed by atoms with E-state index in [1.165, 1.54) is 6.07 Å². The number of carbonyl (C=O) groups excluding carboxylic acids is 1. The van der Waals surface area contributed by atoms with Crippen molar-refractivity contribution in [3.63, 3.8) is 0 Å². The summed E-state index contributed by atoms with van der Waals surface area (Å²) in [6, 6.07) is 6.41. The molecule has 0 aromatic heterocycles. The molecular formula is C17H20N2O2. The third-order valence-corrected chi connectivity index (χ3v) is 3.74. The van der Waals surface area contributed by atoms with Crippen LogP contribution in [-0.4, -0.2) is 16.7 Å². The fraction of sp³-hybridized carbons (Fsp3) is 0.294. The molecule has 0 bridgehead atoms. The number of benzene rings is 1. The molecule has 0 fully saturated rings. The third-order valence-electron chi connectivity index (χ3n) is 3.74. The predicted molar refractivity (Wildman–Crippen MR) is 84.3 cm³/mol. The zero-order valence-electron chi connectivity index (χ0n) is 12.4. The summed E-state index contributed by atoms with van der Waals surface area (Å²) in [6.45, 7) is 7.99. The number of rotatable bonds is 3. The SMILES string of the molecule is C=C(C)[C@@H]1CC=C(C)C(=NNC(=O)c2ccccc2O)C1. The number of nitrogens with one attached hydrogen (secondary N) is 1. The second-order valence-electron chi connectivity index (χ2n) is 5.39. The Bertz CT molecular complexity index is 629. The maximum Gasteiger partial charge on any atom is 0.275 e. The Hall–Kier alpha value is -2.36. The number of amides is 1. The number of phenolic OH excluding ortho intramolecular Hbond substituents is 1. The highest BCUT2D eigenvalue weighted by molar-refractivity contribution is 6.02. The highest BCUT2D eigenvalue weighted by atomic mass is 16.3. The fourth-order valence-corrected chi connectivity index (χ4v) is 2.27. The number of allylic oxidation sites excluding steroid dienone is 3. The molecule has 1 aromatic carbocycles. The molecule has 0 saturated carbocycles. The molecule has 0 unspecified atom stereocenters. The zero-order valence-corrected chi connectivity index (χ0v) is 12.4. The fourth-order valence-electron chi connectivity index (χ4n) is 2.27. The van der Waals surface area contributed by atoms with Crippen LogP contribution < -0.4 is 5.43 Å². The van der Waals surface area contributed by atoms with E-state index in [9.17, 15) is 9.90 Å². The molecule has 2 N–H and O–H groups in total. The van der Waals surface area contributed by atoms with Crippen molar-refractivity contribution in [1.82, 2.24) is 5.43 Å². The van der Waals surface area contributed by atoms with E-state index in [-0.39, 0.29) is 11.3 Å². The lowest BCUT2D eigenvalue weighted by Crippen LogP contribution is -2.23. The average Bonchev–Trinajstić information content (AvgIpc) is 2.46. The van der Waals surface area contributed by atoms with E-state index in [0.717, 1.165) is 29.7 Å². The first-order valence-electron chi connectivity index (χ1n) is 6.96. The Morgan fingerprint density at radius 2 is 2.14 bits per heavy atom. The van der Waals surface area contributed by atoms with Crippen LogP contribution in [-0.2, 0) is 0 Å². The van der Waals surface area contributed by atoms with Crippen LogP contribution >= 0.6 is 0 Å². The van der Waals surface area contributed by atoms with E-state index in [1.54, 1.807) is 18.2 Å². The molecule has 1 aromatic rings. The van der Waals surface area contributed by atoms with Crippen LogP contribution in [0.15, 0.2) is 53.2 Å². The Labute approximate surface area is 124 Å². The quantitative estimate of drug-likeness (QED) is 0.660. The van der Waals surface area contributed by atoms with E-state index in [1.807, 2.05) is 13.8 Å². The molecule has 2 rings (SSSR count). The van der Waals surface area contributed by atoms with Crippen molar-refractivity contribution in [2.24, 2.45) is 11.0 Å². The maximum absolute atomic E-state index is 12.0. The Kier molecular flexibility index (Phi) is 4.58. The highest BCUT2D eigenvalue weighted by Crippen LogP contribution is 2.26. The van der Waals surface area contributed by atoms with Gasteiger partial charge in [-0.1, -0.05) is 30.4 Å². The Morgan fingerprint density at radius 1 is 1.43 bits per heavy atom. The van der Waals surface area contributed by atoms with Gasteiger partial charge in [-0.25, -0.2) is 5.43 Å². The summed E-state index contributed by atoms with van der Waals surface area (Å²) in [7, 11) is 0. The van der Waals surface area contributed by atoms with Crippen molar-refractivity contribution in [2.45, 2.75) is 26.7 Å². The molecule has 4 heteroatoms. The molecule has 1 aliphatic carbocycles. The predicted octanol–water partition coefficient (Wildman–Crippen LogP) is 3.41. The number of para-hydroxylation sites is 1. The van der Waals surface area contributed by atoms with E-state index < -0.39 is 5.91 Å². The maximum atomic E-state index is 12.0. The first kappa shape index (κ1) is 15.0. The van der Waals surface area contributed by atoms with Gasteiger partial charge >= 0.3 is 0 Å². The second kappa shape index (κ2) is 6.39. The number of carbonyl (C=O) groups is 1. The lowest BCUT2D eigenvalue weighted by molar-refractivity contribution is 0.0952. The molecule has 110 valence electrons. The lowest BCUT2D eigenvalue weighted by atomic mass is 9.85. The molecule has 4 nitrogen and oxygen atoms in total. The second-order valence-corrected chi connectivity index (χ2v) is 5.39. The van der Waals surface area contributed by atoms with Gasteiger partial charge in [0.2, 0.25) is 0 Å². The summed E-state index contributed by atoms with van der Waals surface area (Å²) in [5.41, 5.74) is 5.79. The van der Waals surface area contributed by atoms with Gasteiger partial charge in [-0.3, -0.25) is 4.79 Å². The number of nitrogens with zero attached hydrogens (tertiary/aromatic N) is 1. The summed E-state index contributed by atoms with van der Waals surface area (Å²) in [6.07, 6.45) is 3.86. The van der Waals surface area contributed by atoms with Crippen molar-refractivity contribution in [3.8, 4) is 5.75 Å². The van der Waals surface area contributed by atoms with Gasteiger partial charge < -0.3 is 5.11 Å². The van der Waals surface area contributed by atoms with Gasteiger partial charge in [-0.05, 0) is 50.3 Å². The van der Waals surface area contributed by atoms with Crippen molar-refractivity contribution in [2.75, 3.05) is 0 Å². The number of hydrogen-bond acceptors (Lipinski definition) is 3. The first-order chi connectivity index (χ1) is 9.99. The summed E-state index contributed by atoms with van der Waals surface area (Å²) in [4.78, 5) is 12.0. The summed E-state index contributed by atoms with van der Waals surface area (Å²) in [5.74, 6) is -0.0914. The number of phenols is 1. The van der Waals surface area contributed by atoms with Gasteiger partial charge in [0.05, 0.1) is 11.3 Å². The minimum Gasteiger partial charge on any atom is -0.507 e. The first-order valence-corrected chi connectivity index (χ1v) is 6.96. The summed E-state index contributed by atoms with van der Waals surface area (Å²) in [5, 5.41) is 13.9. The minimum absolute atomic E-state index is 0.0501. The molecule has 0 aliphatic heterocycles. The van der Waals surface area contributed by atoms with Crippen LogP contribution in [0, 0.1) is 5.92 Å². The zero-order chi connectivity index (χ0) is 15.4. The molecule has 0 heterocycles. The lowest BCUT2D eigenvalue weighted by Gasteiger charge is -2.22. The molecule has 1 atom stereocenters. The number of aromatic hydroxyl groups is 1. The van der Waals surface area contributed by atoms with Gasteiger partial charge in [-0.2, -0.15) is 5.10 Å². The van der Waals surface area contributed by atoms with Crippen LogP contribution in [0.25, 0.3) is 0 Å². The van der Waals surface area contributed by atoms with E-state index in [2.05, 4.69) is 23.2 Å². The Balaban J connectivity index is 2.12. The van der Waals surface area contributed by atoms with Crippen LogP contribution in [0.1, 0.15) is 37.0 Å². The normalized spacial score (nSPS) is 20.0. The van der Waals surface area contributed by atoms with Crippen LogP contribution in [0.3, 0.4) is 0 Å². The molecule has 1 aliphatic rings. The monoisotopic (exact) mass is 284 g/mol. The summed E-state index contributed by atoms with van der Waals surface area (Å²) < 4.78 is 0. The van der Waals surface area contributed by atoms with E-state index >= 15 is 0 Å². The molecule has 0 radical (unpaired) electrons. The minimum atomic E-state index is -0.411. The standard InChI is InChI=1S/C17H20N2O2/c1-11(2)13-9-8-12(3)15(10-13)18-19-17(21)14-6-4-5-7-16(14)20/h4-8,13,20H,1,9-10H2,2-3H3,(H,19,21)/t13-/m1/s1. The van der Waals surface area contributed by atoms with Crippen LogP contribution in [0.4, 0.5) is 0 Å². The van der Waals surface area contributed by atoms with Gasteiger partial charge in [0.25, 0.3) is 5.91 Å². The third kappa shape index (κ3) is 3.60.